The average molecular weight is 289 g/mol. The van der Waals surface area contributed by atoms with Gasteiger partial charge in [-0.3, -0.25) is 0 Å². The topological polar surface area (TPSA) is 35.8 Å². The van der Waals surface area contributed by atoms with Crippen LogP contribution in [0.4, 0.5) is 5.69 Å². The van der Waals surface area contributed by atoms with Gasteiger partial charge >= 0.3 is 0 Å². The van der Waals surface area contributed by atoms with Gasteiger partial charge in [0, 0.05) is 4.88 Å². The Bertz CT molecular complexity index is 669. The number of hydrogen-bond acceptors (Lipinski definition) is 3. The van der Waals surface area contributed by atoms with Gasteiger partial charge in [-0.1, -0.05) is 23.7 Å². The molecule has 4 heteroatoms. The Hall–Kier alpha value is -1.50. The Morgan fingerprint density at radius 1 is 1.47 bits per heavy atom. The first-order chi connectivity index (χ1) is 9.19. The summed E-state index contributed by atoms with van der Waals surface area (Å²) in [5, 5.41) is 12.8. The fraction of sp³-hybridized carbons (Fsp3) is 0.267. The summed E-state index contributed by atoms with van der Waals surface area (Å²) in [5.41, 5.74) is 3.95. The van der Waals surface area contributed by atoms with Gasteiger partial charge in [0.1, 0.15) is 6.07 Å². The Kier molecular flexibility index (Phi) is 3.22. The molecule has 3 rings (SSSR count). The maximum Gasteiger partial charge on any atom is 0.102 e. The Morgan fingerprint density at radius 3 is 3.11 bits per heavy atom. The molecule has 0 amide bonds. The van der Waals surface area contributed by atoms with Crippen LogP contribution in [-0.2, 0) is 6.42 Å². The summed E-state index contributed by atoms with van der Waals surface area (Å²) in [4.78, 5) is 1.37. The molecule has 0 spiro atoms. The normalized spacial score (nSPS) is 17.0. The zero-order valence-electron chi connectivity index (χ0n) is 10.5. The molecule has 0 saturated carbocycles. The van der Waals surface area contributed by atoms with E-state index in [0.29, 0.717) is 0 Å². The molecule has 0 aliphatic heterocycles. The lowest BCUT2D eigenvalue weighted by Crippen LogP contribution is -2.08. The minimum absolute atomic E-state index is 0.271. The summed E-state index contributed by atoms with van der Waals surface area (Å²) in [6, 6.07) is 10.5. The van der Waals surface area contributed by atoms with Crippen LogP contribution >= 0.6 is 22.9 Å². The Labute approximate surface area is 121 Å². The molecule has 1 unspecified atom stereocenters. The number of fused-ring (bicyclic) bond motifs is 1. The van der Waals surface area contributed by atoms with Crippen molar-refractivity contribution in [1.82, 2.24) is 0 Å². The van der Waals surface area contributed by atoms with E-state index in [1.54, 1.807) is 11.3 Å². The maximum atomic E-state index is 9.26. The second kappa shape index (κ2) is 4.88. The Morgan fingerprint density at radius 2 is 2.32 bits per heavy atom. The van der Waals surface area contributed by atoms with Crippen LogP contribution in [0.3, 0.4) is 0 Å². The van der Waals surface area contributed by atoms with Gasteiger partial charge in [0.25, 0.3) is 0 Å². The summed E-state index contributed by atoms with van der Waals surface area (Å²) in [6.45, 7) is 1.96. The van der Waals surface area contributed by atoms with Crippen molar-refractivity contribution in [3.63, 3.8) is 0 Å². The smallest absolute Gasteiger partial charge is 0.102 e. The van der Waals surface area contributed by atoms with Gasteiger partial charge in [-0.15, -0.1) is 11.3 Å². The molecule has 1 aromatic heterocycles. The number of rotatable bonds is 2. The zero-order chi connectivity index (χ0) is 13.4. The number of thiophene rings is 1. The van der Waals surface area contributed by atoms with Gasteiger partial charge in [0.2, 0.25) is 0 Å². The van der Waals surface area contributed by atoms with Crippen molar-refractivity contribution in [3.05, 3.63) is 50.2 Å². The quantitative estimate of drug-likeness (QED) is 0.871. The minimum Gasteiger partial charge on any atom is -0.377 e. The summed E-state index contributed by atoms with van der Waals surface area (Å²) in [5.74, 6) is 0. The predicted octanol–water partition coefficient (Wildman–Crippen LogP) is 4.68. The highest BCUT2D eigenvalue weighted by atomic mass is 35.5. The second-order valence-electron chi connectivity index (χ2n) is 4.77. The molecule has 19 heavy (non-hydrogen) atoms. The van der Waals surface area contributed by atoms with Crippen LogP contribution in [0, 0.1) is 18.3 Å². The molecule has 1 aliphatic rings. The Balaban J connectivity index is 1.92. The highest BCUT2D eigenvalue weighted by molar-refractivity contribution is 7.16. The molecule has 96 valence electrons. The fourth-order valence-electron chi connectivity index (χ4n) is 2.60. The van der Waals surface area contributed by atoms with E-state index in [4.69, 9.17) is 11.6 Å². The molecule has 0 bridgehead atoms. The number of nitrogens with zero attached hydrogens (tertiary/aromatic N) is 1. The van der Waals surface area contributed by atoms with Gasteiger partial charge in [0.15, 0.2) is 0 Å². The number of anilines is 1. The molecular formula is C15H13ClN2S. The summed E-state index contributed by atoms with van der Waals surface area (Å²) >= 11 is 7.73. The van der Waals surface area contributed by atoms with E-state index in [-0.39, 0.29) is 6.04 Å². The van der Waals surface area contributed by atoms with Crippen molar-refractivity contribution in [3.8, 4) is 6.07 Å². The number of halogens is 1. The van der Waals surface area contributed by atoms with Crippen molar-refractivity contribution in [1.29, 1.82) is 5.26 Å². The van der Waals surface area contributed by atoms with Crippen molar-refractivity contribution < 1.29 is 0 Å². The first kappa shape index (κ1) is 12.5. The SMILES string of the molecule is Cc1cccc(NC2CCc3sc(Cl)cc32)c1C#N. The lowest BCUT2D eigenvalue weighted by Gasteiger charge is -2.16. The monoisotopic (exact) mass is 288 g/mol. The summed E-state index contributed by atoms with van der Waals surface area (Å²) in [7, 11) is 0. The van der Waals surface area contributed by atoms with Crippen LogP contribution < -0.4 is 5.32 Å². The van der Waals surface area contributed by atoms with Gasteiger partial charge in [-0.05, 0) is 43.0 Å². The van der Waals surface area contributed by atoms with E-state index >= 15 is 0 Å². The summed E-state index contributed by atoms with van der Waals surface area (Å²) < 4.78 is 0.848. The molecule has 2 aromatic rings. The molecule has 0 radical (unpaired) electrons. The minimum atomic E-state index is 0.271. The highest BCUT2D eigenvalue weighted by Crippen LogP contribution is 2.41. The molecule has 1 N–H and O–H groups in total. The third-order valence-electron chi connectivity index (χ3n) is 3.56. The van der Waals surface area contributed by atoms with E-state index in [1.165, 1.54) is 10.4 Å². The van der Waals surface area contributed by atoms with Crippen LogP contribution in [0.5, 0.6) is 0 Å². The standard InChI is InChI=1S/C15H13ClN2S/c1-9-3-2-4-12(11(9)8-17)18-13-5-6-14-10(13)7-15(16)19-14/h2-4,7,13,18H,5-6H2,1H3. The van der Waals surface area contributed by atoms with Crippen molar-refractivity contribution >= 4 is 28.6 Å². The maximum absolute atomic E-state index is 9.26. The van der Waals surface area contributed by atoms with Crippen LogP contribution in [0.25, 0.3) is 0 Å². The fourth-order valence-corrected chi connectivity index (χ4v) is 3.96. The van der Waals surface area contributed by atoms with Crippen molar-refractivity contribution in [2.45, 2.75) is 25.8 Å². The van der Waals surface area contributed by atoms with Crippen molar-refractivity contribution in [2.24, 2.45) is 0 Å². The lowest BCUT2D eigenvalue weighted by atomic mass is 10.1. The van der Waals surface area contributed by atoms with Gasteiger partial charge in [-0.25, -0.2) is 0 Å². The van der Waals surface area contributed by atoms with Crippen LogP contribution in [-0.4, -0.2) is 0 Å². The average Bonchev–Trinajstić information content (AvgIpc) is 2.90. The van der Waals surface area contributed by atoms with Gasteiger partial charge in [0.05, 0.1) is 21.6 Å². The number of hydrogen-bond donors (Lipinski definition) is 1. The van der Waals surface area contributed by atoms with E-state index in [2.05, 4.69) is 11.4 Å². The van der Waals surface area contributed by atoms with E-state index in [0.717, 1.165) is 34.0 Å². The third-order valence-corrected chi connectivity index (χ3v) is 4.90. The third kappa shape index (κ3) is 2.22. The molecule has 1 aromatic carbocycles. The molecular weight excluding hydrogens is 276 g/mol. The van der Waals surface area contributed by atoms with Crippen LogP contribution in [0.1, 0.15) is 34.0 Å². The molecule has 0 fully saturated rings. The first-order valence-electron chi connectivity index (χ1n) is 6.23. The van der Waals surface area contributed by atoms with Gasteiger partial charge < -0.3 is 5.32 Å². The van der Waals surface area contributed by atoms with Crippen LogP contribution in [0.2, 0.25) is 4.34 Å². The summed E-state index contributed by atoms with van der Waals surface area (Å²) in [6.07, 6.45) is 2.13. The molecule has 0 saturated heterocycles. The second-order valence-corrected chi connectivity index (χ2v) is 6.54. The molecule has 1 heterocycles. The number of aryl methyl sites for hydroxylation is 2. The van der Waals surface area contributed by atoms with E-state index in [9.17, 15) is 5.26 Å². The van der Waals surface area contributed by atoms with Crippen LogP contribution in [0.15, 0.2) is 24.3 Å². The van der Waals surface area contributed by atoms with Crippen molar-refractivity contribution in [2.75, 3.05) is 5.32 Å². The first-order valence-corrected chi connectivity index (χ1v) is 7.43. The molecule has 2 nitrogen and oxygen atoms in total. The largest absolute Gasteiger partial charge is 0.377 e. The molecule has 1 aliphatic carbocycles. The molecule has 1 atom stereocenters. The number of benzene rings is 1. The van der Waals surface area contributed by atoms with Gasteiger partial charge in [-0.2, -0.15) is 5.26 Å². The van der Waals surface area contributed by atoms with E-state index < -0.39 is 0 Å². The number of nitriles is 1. The van der Waals surface area contributed by atoms with E-state index in [1.807, 2.05) is 31.2 Å². The zero-order valence-corrected chi connectivity index (χ0v) is 12.1. The highest BCUT2D eigenvalue weighted by Gasteiger charge is 2.25. The predicted molar refractivity (Wildman–Crippen MR) is 79.9 cm³/mol. The lowest BCUT2D eigenvalue weighted by molar-refractivity contribution is 0.762. The number of nitrogens with one attached hydrogen (secondary N) is 1.